The number of alkyl carbamates (subject to hydrolysis) is 1. The van der Waals surface area contributed by atoms with Crippen LogP contribution in [0.5, 0.6) is 0 Å². The number of amides is 1. The first-order chi connectivity index (χ1) is 7.37. The molecule has 1 amide bonds. The maximum Gasteiger partial charge on any atom is 0.407 e. The van der Waals surface area contributed by atoms with Crippen molar-refractivity contribution in [3.8, 4) is 0 Å². The van der Waals surface area contributed by atoms with Crippen LogP contribution < -0.4 is 5.32 Å². The highest BCUT2D eigenvalue weighted by Gasteiger charge is 2.22. The predicted octanol–water partition coefficient (Wildman–Crippen LogP) is 1.75. The molecule has 0 radical (unpaired) electrons. The quantitative estimate of drug-likeness (QED) is 0.720. The second-order valence-corrected chi connectivity index (χ2v) is 5.25. The second kappa shape index (κ2) is 5.50. The summed E-state index contributed by atoms with van der Waals surface area (Å²) in [5, 5.41) is 13.5. The topological polar surface area (TPSA) is 61.8 Å². The van der Waals surface area contributed by atoms with Gasteiger partial charge in [0.05, 0.1) is 0 Å². The number of hydrogen-bond acceptors (Lipinski definition) is 4. The third kappa shape index (κ3) is 5.32. The van der Waals surface area contributed by atoms with Crippen molar-refractivity contribution in [2.45, 2.75) is 51.7 Å². The SMILES string of the molecule is CC(C)(C)OC(=O)NC1CCCCN(O)C1. The number of ether oxygens (including phenoxy) is 1. The molecule has 0 aromatic carbocycles. The lowest BCUT2D eigenvalue weighted by Gasteiger charge is -2.24. The van der Waals surface area contributed by atoms with Crippen LogP contribution in [0.15, 0.2) is 0 Å². The van der Waals surface area contributed by atoms with E-state index in [1.807, 2.05) is 20.8 Å². The number of hydroxylamine groups is 2. The molecule has 0 saturated carbocycles. The van der Waals surface area contributed by atoms with E-state index in [0.29, 0.717) is 13.1 Å². The van der Waals surface area contributed by atoms with Crippen molar-refractivity contribution in [3.05, 3.63) is 0 Å². The number of nitrogens with one attached hydrogen (secondary N) is 1. The molecule has 2 N–H and O–H groups in total. The fraction of sp³-hybridized carbons (Fsp3) is 0.909. The Hall–Kier alpha value is -0.810. The van der Waals surface area contributed by atoms with Gasteiger partial charge in [0.1, 0.15) is 5.60 Å². The monoisotopic (exact) mass is 230 g/mol. The average Bonchev–Trinajstić information content (AvgIpc) is 2.26. The van der Waals surface area contributed by atoms with E-state index >= 15 is 0 Å². The van der Waals surface area contributed by atoms with E-state index < -0.39 is 11.7 Å². The molecule has 0 aliphatic carbocycles. The normalized spacial score (nSPS) is 23.6. The van der Waals surface area contributed by atoms with E-state index in [9.17, 15) is 10.0 Å². The Morgan fingerprint density at radius 3 is 2.75 bits per heavy atom. The number of hydrogen-bond donors (Lipinski definition) is 2. The highest BCUT2D eigenvalue weighted by molar-refractivity contribution is 5.68. The van der Waals surface area contributed by atoms with Crippen molar-refractivity contribution in [1.29, 1.82) is 0 Å². The number of nitrogens with zero attached hydrogens (tertiary/aromatic N) is 1. The number of rotatable bonds is 1. The van der Waals surface area contributed by atoms with Crippen LogP contribution in [-0.4, -0.2) is 41.1 Å². The van der Waals surface area contributed by atoms with Gasteiger partial charge in [-0.05, 0) is 40.0 Å². The van der Waals surface area contributed by atoms with Crippen LogP contribution in [0.3, 0.4) is 0 Å². The summed E-state index contributed by atoms with van der Waals surface area (Å²) in [6, 6.07) is -0.0256. The third-order valence-corrected chi connectivity index (χ3v) is 2.37. The van der Waals surface area contributed by atoms with Crippen LogP contribution in [0, 0.1) is 0 Å². The minimum Gasteiger partial charge on any atom is -0.444 e. The van der Waals surface area contributed by atoms with Crippen molar-refractivity contribution in [2.75, 3.05) is 13.1 Å². The largest absolute Gasteiger partial charge is 0.444 e. The summed E-state index contributed by atoms with van der Waals surface area (Å²) in [6.45, 7) is 6.64. The van der Waals surface area contributed by atoms with E-state index in [1.54, 1.807) is 0 Å². The Balaban J connectivity index is 2.37. The minimum atomic E-state index is -0.478. The predicted molar refractivity (Wildman–Crippen MR) is 60.4 cm³/mol. The van der Waals surface area contributed by atoms with E-state index in [4.69, 9.17) is 4.74 Å². The Labute approximate surface area is 96.7 Å². The summed E-state index contributed by atoms with van der Waals surface area (Å²) in [4.78, 5) is 11.5. The van der Waals surface area contributed by atoms with Crippen molar-refractivity contribution >= 4 is 6.09 Å². The van der Waals surface area contributed by atoms with Crippen LogP contribution >= 0.6 is 0 Å². The summed E-state index contributed by atoms with van der Waals surface area (Å²) in [5.74, 6) is 0. The number of carbonyl (C=O) groups excluding carboxylic acids is 1. The zero-order valence-corrected chi connectivity index (χ0v) is 10.3. The molecule has 1 rings (SSSR count). The Kier molecular flexibility index (Phi) is 4.56. The van der Waals surface area contributed by atoms with Crippen molar-refractivity contribution in [2.24, 2.45) is 0 Å². The van der Waals surface area contributed by atoms with Gasteiger partial charge in [0.15, 0.2) is 0 Å². The van der Waals surface area contributed by atoms with Crippen molar-refractivity contribution in [1.82, 2.24) is 10.4 Å². The number of carbonyl (C=O) groups is 1. The molecule has 1 saturated heterocycles. The summed E-state index contributed by atoms with van der Waals surface area (Å²) in [7, 11) is 0. The Morgan fingerprint density at radius 1 is 1.44 bits per heavy atom. The van der Waals surface area contributed by atoms with Crippen LogP contribution in [0.4, 0.5) is 4.79 Å². The first-order valence-electron chi connectivity index (χ1n) is 5.80. The Morgan fingerprint density at radius 2 is 2.12 bits per heavy atom. The molecule has 1 atom stereocenters. The highest BCUT2D eigenvalue weighted by atomic mass is 16.6. The molecule has 5 heteroatoms. The first kappa shape index (κ1) is 13.3. The van der Waals surface area contributed by atoms with Gasteiger partial charge in [-0.15, -0.1) is 0 Å². The zero-order valence-electron chi connectivity index (χ0n) is 10.3. The van der Waals surface area contributed by atoms with E-state index in [2.05, 4.69) is 5.32 Å². The lowest BCUT2D eigenvalue weighted by molar-refractivity contribution is -0.0918. The van der Waals surface area contributed by atoms with Gasteiger partial charge < -0.3 is 15.3 Å². The molecule has 1 aliphatic heterocycles. The fourth-order valence-electron chi connectivity index (χ4n) is 1.71. The van der Waals surface area contributed by atoms with Crippen LogP contribution in [0.2, 0.25) is 0 Å². The van der Waals surface area contributed by atoms with Gasteiger partial charge in [0, 0.05) is 19.1 Å². The van der Waals surface area contributed by atoms with Crippen LogP contribution in [0.25, 0.3) is 0 Å². The molecule has 94 valence electrons. The molecule has 1 heterocycles. The molecular formula is C11H22N2O3. The average molecular weight is 230 g/mol. The smallest absolute Gasteiger partial charge is 0.407 e. The highest BCUT2D eigenvalue weighted by Crippen LogP contribution is 2.11. The third-order valence-electron chi connectivity index (χ3n) is 2.37. The van der Waals surface area contributed by atoms with E-state index in [1.165, 1.54) is 5.06 Å². The minimum absolute atomic E-state index is 0.0256. The van der Waals surface area contributed by atoms with Gasteiger partial charge in [-0.2, -0.15) is 5.06 Å². The molecule has 0 spiro atoms. The maximum absolute atomic E-state index is 11.5. The van der Waals surface area contributed by atoms with Crippen LogP contribution in [0.1, 0.15) is 40.0 Å². The van der Waals surface area contributed by atoms with Gasteiger partial charge in [0.2, 0.25) is 0 Å². The fourth-order valence-corrected chi connectivity index (χ4v) is 1.71. The summed E-state index contributed by atoms with van der Waals surface area (Å²) >= 11 is 0. The maximum atomic E-state index is 11.5. The Bertz CT molecular complexity index is 238. The molecule has 1 unspecified atom stereocenters. The summed E-state index contributed by atoms with van der Waals surface area (Å²) in [6.07, 6.45) is 2.45. The molecule has 1 aliphatic rings. The van der Waals surface area contributed by atoms with Gasteiger partial charge in [0.25, 0.3) is 0 Å². The lowest BCUT2D eigenvalue weighted by atomic mass is 10.1. The van der Waals surface area contributed by atoms with Crippen molar-refractivity contribution in [3.63, 3.8) is 0 Å². The molecular weight excluding hydrogens is 208 g/mol. The molecule has 0 bridgehead atoms. The standard InChI is InChI=1S/C11H22N2O3/c1-11(2,3)16-10(14)12-9-6-4-5-7-13(15)8-9/h9,15H,4-8H2,1-3H3,(H,12,14). The lowest BCUT2D eigenvalue weighted by Crippen LogP contribution is -2.43. The molecule has 5 nitrogen and oxygen atoms in total. The summed E-state index contributed by atoms with van der Waals surface area (Å²) in [5.41, 5.74) is -0.478. The molecule has 0 aromatic rings. The zero-order chi connectivity index (χ0) is 12.2. The van der Waals surface area contributed by atoms with Gasteiger partial charge in [-0.1, -0.05) is 0 Å². The molecule has 16 heavy (non-hydrogen) atoms. The van der Waals surface area contributed by atoms with Gasteiger partial charge in [-0.3, -0.25) is 0 Å². The molecule has 0 aromatic heterocycles. The van der Waals surface area contributed by atoms with Crippen LogP contribution in [-0.2, 0) is 4.74 Å². The molecule has 1 fully saturated rings. The van der Waals surface area contributed by atoms with Crippen molar-refractivity contribution < 1.29 is 14.7 Å². The van der Waals surface area contributed by atoms with E-state index in [-0.39, 0.29) is 6.04 Å². The summed E-state index contributed by atoms with van der Waals surface area (Å²) < 4.78 is 5.17. The van der Waals surface area contributed by atoms with E-state index in [0.717, 1.165) is 19.3 Å². The van der Waals surface area contributed by atoms with Gasteiger partial charge in [-0.25, -0.2) is 4.79 Å². The second-order valence-electron chi connectivity index (χ2n) is 5.25. The first-order valence-corrected chi connectivity index (χ1v) is 5.80. The van der Waals surface area contributed by atoms with Gasteiger partial charge >= 0.3 is 6.09 Å².